The van der Waals surface area contributed by atoms with Gasteiger partial charge < -0.3 is 20.4 Å². The fraction of sp³-hybridized carbons (Fsp3) is 0.667. The Morgan fingerprint density at radius 2 is 1.89 bits per heavy atom. The summed E-state index contributed by atoms with van der Waals surface area (Å²) in [5.41, 5.74) is 2.65. The smallest absolute Gasteiger partial charge is 0.191 e. The van der Waals surface area contributed by atoms with E-state index < -0.39 is 0 Å². The van der Waals surface area contributed by atoms with E-state index >= 15 is 0 Å². The normalized spacial score (nSPS) is 15.6. The lowest BCUT2D eigenvalue weighted by Crippen LogP contribution is -2.39. The molecule has 0 aliphatic carbocycles. The van der Waals surface area contributed by atoms with Gasteiger partial charge in [0.25, 0.3) is 0 Å². The van der Waals surface area contributed by atoms with Gasteiger partial charge in [-0.2, -0.15) is 0 Å². The molecule has 1 unspecified atom stereocenters. The Bertz CT molecular complexity index is 553. The van der Waals surface area contributed by atoms with Crippen molar-refractivity contribution in [3.8, 4) is 0 Å². The molecule has 5 nitrogen and oxygen atoms in total. The molecule has 1 aromatic carbocycles. The van der Waals surface area contributed by atoms with Crippen LogP contribution in [0.25, 0.3) is 0 Å². The highest BCUT2D eigenvalue weighted by Gasteiger charge is 2.14. The molecule has 1 saturated heterocycles. The average Bonchev–Trinajstić information content (AvgIpc) is 3.20. The summed E-state index contributed by atoms with van der Waals surface area (Å²) in [6.07, 6.45) is 2.61. The molecule has 2 N–H and O–H groups in total. The maximum absolute atomic E-state index is 4.76. The van der Waals surface area contributed by atoms with Crippen LogP contribution in [-0.2, 0) is 0 Å². The second kappa shape index (κ2) is 13.2. The maximum atomic E-state index is 4.76. The van der Waals surface area contributed by atoms with E-state index in [4.69, 9.17) is 4.99 Å². The number of guanidine groups is 1. The topological polar surface area (TPSA) is 42.9 Å². The number of aliphatic imine (C=N–C) groups is 1. The quantitative estimate of drug-likeness (QED) is 0.316. The molecule has 0 aromatic heterocycles. The molecule has 27 heavy (non-hydrogen) atoms. The highest BCUT2D eigenvalue weighted by Crippen LogP contribution is 2.23. The molecule has 1 aromatic rings. The molecular weight excluding hydrogens is 449 g/mol. The number of benzene rings is 1. The van der Waals surface area contributed by atoms with Crippen LogP contribution in [0.3, 0.4) is 0 Å². The number of rotatable bonds is 9. The maximum Gasteiger partial charge on any atom is 0.191 e. The number of halogens is 1. The fourth-order valence-corrected chi connectivity index (χ4v) is 3.42. The van der Waals surface area contributed by atoms with Crippen LogP contribution in [0.4, 0.5) is 5.69 Å². The van der Waals surface area contributed by atoms with Gasteiger partial charge in [-0.25, -0.2) is 0 Å². The Balaban J connectivity index is 0.00000364. The predicted molar refractivity (Wildman–Crippen MR) is 129 cm³/mol. The number of hydrogen-bond acceptors (Lipinski definition) is 3. The highest BCUT2D eigenvalue weighted by atomic mass is 127. The van der Waals surface area contributed by atoms with Crippen molar-refractivity contribution in [2.75, 3.05) is 50.7 Å². The summed E-state index contributed by atoms with van der Waals surface area (Å²) in [6, 6.07) is 9.15. The number of likely N-dealkylation sites (N-methyl/N-ethyl adjacent to an activating group) is 1. The summed E-state index contributed by atoms with van der Waals surface area (Å²) in [5, 5.41) is 6.94. The van der Waals surface area contributed by atoms with E-state index in [0.29, 0.717) is 0 Å². The van der Waals surface area contributed by atoms with Gasteiger partial charge in [-0.05, 0) is 57.5 Å². The average molecular weight is 487 g/mol. The van der Waals surface area contributed by atoms with Crippen molar-refractivity contribution in [3.63, 3.8) is 0 Å². The highest BCUT2D eigenvalue weighted by molar-refractivity contribution is 14.0. The molecule has 0 saturated carbocycles. The Kier molecular flexibility index (Phi) is 11.7. The van der Waals surface area contributed by atoms with Gasteiger partial charge in [0.15, 0.2) is 5.96 Å². The fourth-order valence-electron chi connectivity index (χ4n) is 3.42. The molecule has 1 aliphatic rings. The predicted octanol–water partition coefficient (Wildman–Crippen LogP) is 3.86. The van der Waals surface area contributed by atoms with Gasteiger partial charge in [-0.1, -0.05) is 26.0 Å². The van der Waals surface area contributed by atoms with E-state index in [1.807, 2.05) is 0 Å². The van der Waals surface area contributed by atoms with Crippen LogP contribution in [0.2, 0.25) is 0 Å². The van der Waals surface area contributed by atoms with Crippen LogP contribution < -0.4 is 15.5 Å². The molecule has 0 amide bonds. The van der Waals surface area contributed by atoms with Crippen molar-refractivity contribution in [3.05, 3.63) is 29.8 Å². The molecule has 154 valence electrons. The van der Waals surface area contributed by atoms with Crippen LogP contribution in [-0.4, -0.2) is 56.7 Å². The van der Waals surface area contributed by atoms with Gasteiger partial charge in [-0.3, -0.25) is 4.99 Å². The molecule has 1 fully saturated rings. The SMILES string of the molecule is CCNC(=NCCN(CC)CC)NC(C)c1cccc(N2CCCC2)c1.I. The minimum atomic E-state index is 0. The van der Waals surface area contributed by atoms with Crippen LogP contribution >= 0.6 is 24.0 Å². The van der Waals surface area contributed by atoms with Crippen molar-refractivity contribution in [2.24, 2.45) is 4.99 Å². The first-order valence-corrected chi connectivity index (χ1v) is 10.3. The minimum Gasteiger partial charge on any atom is -0.372 e. The third kappa shape index (κ3) is 7.86. The summed E-state index contributed by atoms with van der Waals surface area (Å²) in [4.78, 5) is 9.64. The van der Waals surface area contributed by atoms with E-state index in [9.17, 15) is 0 Å². The summed E-state index contributed by atoms with van der Waals surface area (Å²) in [5.74, 6) is 0.902. The Morgan fingerprint density at radius 3 is 2.52 bits per heavy atom. The Labute approximate surface area is 183 Å². The monoisotopic (exact) mass is 487 g/mol. The Hall–Kier alpha value is -1.02. The van der Waals surface area contributed by atoms with Crippen molar-refractivity contribution >= 4 is 35.6 Å². The number of hydrogen-bond donors (Lipinski definition) is 2. The van der Waals surface area contributed by atoms with Crippen LogP contribution in [0.1, 0.15) is 52.1 Å². The minimum absolute atomic E-state index is 0. The lowest BCUT2D eigenvalue weighted by Gasteiger charge is -2.22. The van der Waals surface area contributed by atoms with E-state index in [1.54, 1.807) is 0 Å². The number of anilines is 1. The lowest BCUT2D eigenvalue weighted by atomic mass is 10.1. The van der Waals surface area contributed by atoms with E-state index in [0.717, 1.165) is 38.7 Å². The van der Waals surface area contributed by atoms with E-state index in [-0.39, 0.29) is 30.0 Å². The summed E-state index contributed by atoms with van der Waals surface area (Å²) < 4.78 is 0. The van der Waals surface area contributed by atoms with Gasteiger partial charge in [-0.15, -0.1) is 24.0 Å². The van der Waals surface area contributed by atoms with Crippen LogP contribution in [0, 0.1) is 0 Å². The van der Waals surface area contributed by atoms with Gasteiger partial charge in [0.1, 0.15) is 0 Å². The molecule has 0 radical (unpaired) electrons. The van der Waals surface area contributed by atoms with Crippen LogP contribution in [0.5, 0.6) is 0 Å². The lowest BCUT2D eigenvalue weighted by molar-refractivity contribution is 0.313. The van der Waals surface area contributed by atoms with Crippen molar-refractivity contribution in [1.29, 1.82) is 0 Å². The molecule has 1 aliphatic heterocycles. The first kappa shape index (κ1) is 24.0. The van der Waals surface area contributed by atoms with Gasteiger partial charge in [0.05, 0.1) is 12.6 Å². The standard InChI is InChI=1S/C21H37N5.HI/c1-5-22-21(23-13-16-25(6-2)7-3)24-18(4)19-11-10-12-20(17-19)26-14-8-9-15-26;/h10-12,17-18H,5-9,13-16H2,1-4H3,(H2,22,23,24);1H. The molecule has 0 bridgehead atoms. The summed E-state index contributed by atoms with van der Waals surface area (Å²) >= 11 is 0. The number of nitrogens with zero attached hydrogens (tertiary/aromatic N) is 3. The number of nitrogens with one attached hydrogen (secondary N) is 2. The molecule has 1 heterocycles. The molecular formula is C21H38IN5. The van der Waals surface area contributed by atoms with Crippen molar-refractivity contribution in [2.45, 2.75) is 46.6 Å². The van der Waals surface area contributed by atoms with Crippen molar-refractivity contribution in [1.82, 2.24) is 15.5 Å². The van der Waals surface area contributed by atoms with Gasteiger partial charge in [0, 0.05) is 31.9 Å². The molecule has 6 heteroatoms. The van der Waals surface area contributed by atoms with E-state index in [1.165, 1.54) is 37.2 Å². The summed E-state index contributed by atoms with van der Waals surface area (Å²) in [6.45, 7) is 15.9. The largest absolute Gasteiger partial charge is 0.372 e. The van der Waals surface area contributed by atoms with Crippen molar-refractivity contribution < 1.29 is 0 Å². The summed E-state index contributed by atoms with van der Waals surface area (Å²) in [7, 11) is 0. The zero-order chi connectivity index (χ0) is 18.8. The Morgan fingerprint density at radius 1 is 1.19 bits per heavy atom. The first-order chi connectivity index (χ1) is 12.7. The second-order valence-corrected chi connectivity index (χ2v) is 6.94. The molecule has 0 spiro atoms. The third-order valence-corrected chi connectivity index (χ3v) is 5.12. The zero-order valence-corrected chi connectivity index (χ0v) is 19.8. The van der Waals surface area contributed by atoms with Crippen LogP contribution in [0.15, 0.2) is 29.3 Å². The second-order valence-electron chi connectivity index (χ2n) is 6.94. The van der Waals surface area contributed by atoms with Gasteiger partial charge in [0.2, 0.25) is 0 Å². The third-order valence-electron chi connectivity index (χ3n) is 5.12. The first-order valence-electron chi connectivity index (χ1n) is 10.3. The zero-order valence-electron chi connectivity index (χ0n) is 17.5. The van der Waals surface area contributed by atoms with E-state index in [2.05, 4.69) is 72.4 Å². The molecule has 1 atom stereocenters. The molecule has 2 rings (SSSR count). The van der Waals surface area contributed by atoms with Gasteiger partial charge >= 0.3 is 0 Å².